The van der Waals surface area contributed by atoms with Gasteiger partial charge >= 0.3 is 0 Å². The van der Waals surface area contributed by atoms with Crippen molar-refractivity contribution >= 4 is 17.7 Å². The summed E-state index contributed by atoms with van der Waals surface area (Å²) in [5.74, 6) is 2.23. The van der Waals surface area contributed by atoms with Crippen molar-refractivity contribution in [2.75, 3.05) is 37.7 Å². The van der Waals surface area contributed by atoms with E-state index >= 15 is 0 Å². The van der Waals surface area contributed by atoms with E-state index in [1.165, 1.54) is 0 Å². The van der Waals surface area contributed by atoms with Crippen molar-refractivity contribution in [1.82, 2.24) is 15.5 Å². The second kappa shape index (κ2) is 7.36. The van der Waals surface area contributed by atoms with E-state index in [0.29, 0.717) is 0 Å². The Morgan fingerprint density at radius 1 is 1.44 bits per heavy atom. The van der Waals surface area contributed by atoms with Gasteiger partial charge in [0.15, 0.2) is 0 Å². The lowest BCUT2D eigenvalue weighted by molar-refractivity contribution is -0.132. The standard InChI is InChI=1S/C13H27N3OS/c1-5-18-10-11(2)15-12(17)13(3,4)16-8-6-14-7-9-16/h11,14H,5-10H2,1-4H3,(H,15,17). The molecule has 106 valence electrons. The summed E-state index contributed by atoms with van der Waals surface area (Å²) < 4.78 is 0. The van der Waals surface area contributed by atoms with Crippen molar-refractivity contribution in [3.63, 3.8) is 0 Å². The Morgan fingerprint density at radius 2 is 2.06 bits per heavy atom. The Kier molecular flexibility index (Phi) is 6.46. The lowest BCUT2D eigenvalue weighted by atomic mass is 10.00. The molecule has 0 aliphatic carbocycles. The highest BCUT2D eigenvalue weighted by molar-refractivity contribution is 7.99. The Bertz CT molecular complexity index is 265. The van der Waals surface area contributed by atoms with E-state index in [9.17, 15) is 4.79 Å². The largest absolute Gasteiger partial charge is 0.351 e. The summed E-state index contributed by atoms with van der Waals surface area (Å²) in [6, 6.07) is 0.240. The minimum atomic E-state index is -0.409. The SMILES string of the molecule is CCSCC(C)NC(=O)C(C)(C)N1CCNCC1. The van der Waals surface area contributed by atoms with Crippen molar-refractivity contribution in [3.05, 3.63) is 0 Å². The van der Waals surface area contributed by atoms with Crippen molar-refractivity contribution in [2.24, 2.45) is 0 Å². The monoisotopic (exact) mass is 273 g/mol. The summed E-state index contributed by atoms with van der Waals surface area (Å²) in [4.78, 5) is 14.6. The molecule has 1 heterocycles. The van der Waals surface area contributed by atoms with E-state index in [4.69, 9.17) is 0 Å². The van der Waals surface area contributed by atoms with Gasteiger partial charge in [0, 0.05) is 38.0 Å². The van der Waals surface area contributed by atoms with Gasteiger partial charge in [-0.1, -0.05) is 6.92 Å². The molecule has 1 rings (SSSR count). The molecule has 1 aliphatic rings. The van der Waals surface area contributed by atoms with E-state index in [1.807, 2.05) is 25.6 Å². The van der Waals surface area contributed by atoms with Crippen LogP contribution in [-0.4, -0.2) is 60.1 Å². The second-order valence-corrected chi connectivity index (χ2v) is 6.65. The fraction of sp³-hybridized carbons (Fsp3) is 0.923. The molecule has 0 bridgehead atoms. The van der Waals surface area contributed by atoms with Crippen LogP contribution in [0.15, 0.2) is 0 Å². The predicted octanol–water partition coefficient (Wildman–Crippen LogP) is 0.928. The molecule has 0 aromatic heterocycles. The number of carbonyl (C=O) groups excluding carboxylic acids is 1. The first kappa shape index (κ1) is 15.8. The van der Waals surface area contributed by atoms with Gasteiger partial charge in [0.25, 0.3) is 0 Å². The highest BCUT2D eigenvalue weighted by Gasteiger charge is 2.35. The maximum absolute atomic E-state index is 12.4. The Morgan fingerprint density at radius 3 is 2.61 bits per heavy atom. The van der Waals surface area contributed by atoms with E-state index in [0.717, 1.165) is 37.7 Å². The van der Waals surface area contributed by atoms with Crippen LogP contribution in [0, 0.1) is 0 Å². The molecule has 0 radical (unpaired) electrons. The number of nitrogens with one attached hydrogen (secondary N) is 2. The molecule has 0 saturated carbocycles. The Labute approximate surface area is 115 Å². The average Bonchev–Trinajstić information content (AvgIpc) is 2.37. The summed E-state index contributed by atoms with van der Waals surface area (Å²) in [5, 5.41) is 6.45. The molecular weight excluding hydrogens is 246 g/mol. The van der Waals surface area contributed by atoms with Gasteiger partial charge in [-0.25, -0.2) is 0 Å². The van der Waals surface area contributed by atoms with Gasteiger partial charge < -0.3 is 10.6 Å². The number of amides is 1. The van der Waals surface area contributed by atoms with Crippen LogP contribution in [0.25, 0.3) is 0 Å². The fourth-order valence-corrected chi connectivity index (χ4v) is 2.78. The first-order valence-electron chi connectivity index (χ1n) is 6.83. The molecule has 1 saturated heterocycles. The molecule has 18 heavy (non-hydrogen) atoms. The minimum Gasteiger partial charge on any atom is -0.351 e. The Balaban J connectivity index is 2.47. The van der Waals surface area contributed by atoms with Crippen molar-refractivity contribution in [3.8, 4) is 0 Å². The zero-order valence-corrected chi connectivity index (χ0v) is 12.9. The van der Waals surface area contributed by atoms with Gasteiger partial charge in [-0.2, -0.15) is 11.8 Å². The van der Waals surface area contributed by atoms with Crippen molar-refractivity contribution < 1.29 is 4.79 Å². The molecular formula is C13H27N3OS. The Hall–Kier alpha value is -0.260. The van der Waals surface area contributed by atoms with E-state index in [1.54, 1.807) is 0 Å². The highest BCUT2D eigenvalue weighted by atomic mass is 32.2. The van der Waals surface area contributed by atoms with Crippen LogP contribution in [0.2, 0.25) is 0 Å². The third-order valence-corrected chi connectivity index (χ3v) is 4.56. The molecule has 1 fully saturated rings. The molecule has 0 spiro atoms. The molecule has 1 aliphatic heterocycles. The summed E-state index contributed by atoms with van der Waals surface area (Å²) in [6.07, 6.45) is 0. The number of thioether (sulfide) groups is 1. The third kappa shape index (κ3) is 4.44. The van der Waals surface area contributed by atoms with E-state index < -0.39 is 5.54 Å². The first-order valence-corrected chi connectivity index (χ1v) is 7.98. The van der Waals surface area contributed by atoms with Crippen LogP contribution in [-0.2, 0) is 4.79 Å². The van der Waals surface area contributed by atoms with Crippen LogP contribution in [0.3, 0.4) is 0 Å². The maximum Gasteiger partial charge on any atom is 0.240 e. The van der Waals surface area contributed by atoms with Crippen LogP contribution in [0.4, 0.5) is 0 Å². The normalized spacial score (nSPS) is 19.6. The second-order valence-electron chi connectivity index (χ2n) is 5.33. The maximum atomic E-state index is 12.4. The third-order valence-electron chi connectivity index (χ3n) is 3.41. The van der Waals surface area contributed by atoms with Crippen molar-refractivity contribution in [1.29, 1.82) is 0 Å². The van der Waals surface area contributed by atoms with Crippen LogP contribution in [0.1, 0.15) is 27.7 Å². The number of nitrogens with zero attached hydrogens (tertiary/aromatic N) is 1. The number of hydrogen-bond donors (Lipinski definition) is 2. The zero-order valence-electron chi connectivity index (χ0n) is 12.1. The van der Waals surface area contributed by atoms with Crippen LogP contribution in [0.5, 0.6) is 0 Å². The van der Waals surface area contributed by atoms with Gasteiger partial charge in [0.2, 0.25) is 5.91 Å². The minimum absolute atomic E-state index is 0.147. The molecule has 5 heteroatoms. The lowest BCUT2D eigenvalue weighted by Crippen LogP contribution is -2.61. The van der Waals surface area contributed by atoms with Crippen molar-refractivity contribution in [2.45, 2.75) is 39.3 Å². The van der Waals surface area contributed by atoms with Crippen LogP contribution < -0.4 is 10.6 Å². The number of hydrogen-bond acceptors (Lipinski definition) is 4. The molecule has 4 nitrogen and oxygen atoms in total. The number of piperazine rings is 1. The fourth-order valence-electron chi connectivity index (χ4n) is 2.10. The number of carbonyl (C=O) groups is 1. The van der Waals surface area contributed by atoms with Gasteiger partial charge in [-0.05, 0) is 26.5 Å². The van der Waals surface area contributed by atoms with Gasteiger partial charge in [-0.15, -0.1) is 0 Å². The average molecular weight is 273 g/mol. The van der Waals surface area contributed by atoms with E-state index in [-0.39, 0.29) is 11.9 Å². The highest BCUT2D eigenvalue weighted by Crippen LogP contribution is 2.16. The van der Waals surface area contributed by atoms with Crippen LogP contribution >= 0.6 is 11.8 Å². The van der Waals surface area contributed by atoms with Gasteiger partial charge in [0.05, 0.1) is 5.54 Å². The molecule has 1 amide bonds. The lowest BCUT2D eigenvalue weighted by Gasteiger charge is -2.40. The first-order chi connectivity index (χ1) is 8.48. The molecule has 1 atom stereocenters. The topological polar surface area (TPSA) is 44.4 Å². The quantitative estimate of drug-likeness (QED) is 0.756. The molecule has 2 N–H and O–H groups in total. The molecule has 0 aromatic carbocycles. The zero-order chi connectivity index (χ0) is 13.6. The predicted molar refractivity (Wildman–Crippen MR) is 79.1 cm³/mol. The summed E-state index contributed by atoms with van der Waals surface area (Å²) in [5.41, 5.74) is -0.409. The van der Waals surface area contributed by atoms with Gasteiger partial charge in [0.1, 0.15) is 0 Å². The summed E-state index contributed by atoms with van der Waals surface area (Å²) in [6.45, 7) is 12.1. The molecule has 0 aromatic rings. The van der Waals surface area contributed by atoms with E-state index in [2.05, 4.69) is 29.4 Å². The molecule has 1 unspecified atom stereocenters. The smallest absolute Gasteiger partial charge is 0.240 e. The summed E-state index contributed by atoms with van der Waals surface area (Å²) in [7, 11) is 0. The number of rotatable bonds is 6. The van der Waals surface area contributed by atoms with Gasteiger partial charge in [-0.3, -0.25) is 9.69 Å². The summed E-state index contributed by atoms with van der Waals surface area (Å²) >= 11 is 1.87.